The third-order valence-electron chi connectivity index (χ3n) is 2.61. The molecule has 0 bridgehead atoms. The molecule has 0 fully saturated rings. The van der Waals surface area contributed by atoms with Crippen LogP contribution >= 0.6 is 0 Å². The van der Waals surface area contributed by atoms with Crippen molar-refractivity contribution in [2.24, 2.45) is 0 Å². The predicted octanol–water partition coefficient (Wildman–Crippen LogP) is 0.787. The normalized spacial score (nSPS) is 15.8. The Hall–Kier alpha value is -2.64. The predicted molar refractivity (Wildman–Crippen MR) is 73.0 cm³/mol. The molecule has 1 aliphatic rings. The second kappa shape index (κ2) is 7.22. The maximum atomic E-state index is 11.5. The van der Waals surface area contributed by atoms with E-state index in [0.29, 0.717) is 18.1 Å². The number of nitrogens with one attached hydrogen (secondary N) is 3. The van der Waals surface area contributed by atoms with Crippen LogP contribution < -0.4 is 25.6 Å². The van der Waals surface area contributed by atoms with E-state index in [1.54, 1.807) is 13.0 Å². The monoisotopic (exact) mass is 295 g/mol. The summed E-state index contributed by atoms with van der Waals surface area (Å²) in [4.78, 5) is 22.4. The van der Waals surface area contributed by atoms with Gasteiger partial charge in [0.25, 0.3) is 0 Å². The lowest BCUT2D eigenvalue weighted by Gasteiger charge is -2.26. The van der Waals surface area contributed by atoms with Gasteiger partial charge >= 0.3 is 12.1 Å². The molecule has 1 aliphatic heterocycles. The van der Waals surface area contributed by atoms with Crippen LogP contribution in [0, 0.1) is 0 Å². The molecule has 0 aliphatic carbocycles. The van der Waals surface area contributed by atoms with Gasteiger partial charge in [-0.05, 0) is 19.1 Å². The topological polar surface area (TPSA) is 97.9 Å². The van der Waals surface area contributed by atoms with Crippen LogP contribution in [-0.2, 0) is 4.74 Å². The fourth-order valence-electron chi connectivity index (χ4n) is 1.69. The summed E-state index contributed by atoms with van der Waals surface area (Å²) in [5.74, 6) is 1.32. The summed E-state index contributed by atoms with van der Waals surface area (Å²) in [5, 5.41) is 2.56. The Bertz CT molecular complexity index is 508. The fourth-order valence-corrected chi connectivity index (χ4v) is 1.69. The van der Waals surface area contributed by atoms with Crippen LogP contribution in [0.4, 0.5) is 9.59 Å². The third-order valence-corrected chi connectivity index (χ3v) is 2.61. The van der Waals surface area contributed by atoms with E-state index in [1.165, 1.54) is 0 Å². The van der Waals surface area contributed by atoms with Crippen molar-refractivity contribution < 1.29 is 23.8 Å². The van der Waals surface area contributed by atoms with Crippen molar-refractivity contribution in [1.29, 1.82) is 0 Å². The van der Waals surface area contributed by atoms with Gasteiger partial charge < -0.3 is 19.5 Å². The molecule has 0 saturated carbocycles. The molecule has 0 aromatic heterocycles. The van der Waals surface area contributed by atoms with E-state index in [-0.39, 0.29) is 19.3 Å². The van der Waals surface area contributed by atoms with Crippen LogP contribution in [0.5, 0.6) is 11.5 Å². The van der Waals surface area contributed by atoms with E-state index in [0.717, 1.165) is 0 Å². The number of amides is 3. The largest absolute Gasteiger partial charge is 0.486 e. The number of fused-ring (bicyclic) bond motifs is 1. The number of ether oxygens (including phenoxy) is 3. The smallest absolute Gasteiger partial charge is 0.426 e. The number of hydrogen-bond acceptors (Lipinski definition) is 5. The molecule has 21 heavy (non-hydrogen) atoms. The molecule has 1 aromatic carbocycles. The Labute approximate surface area is 121 Å². The van der Waals surface area contributed by atoms with Gasteiger partial charge in [0.2, 0.25) is 0 Å². The van der Waals surface area contributed by atoms with Crippen LogP contribution in [0.1, 0.15) is 6.92 Å². The van der Waals surface area contributed by atoms with Gasteiger partial charge in [0, 0.05) is 0 Å². The number of carbonyl (C=O) groups is 2. The molecule has 1 aromatic rings. The molecule has 1 atom stereocenters. The lowest BCUT2D eigenvalue weighted by atomic mass is 10.2. The van der Waals surface area contributed by atoms with Gasteiger partial charge in [0.1, 0.15) is 6.61 Å². The van der Waals surface area contributed by atoms with Crippen molar-refractivity contribution in [3.8, 4) is 11.5 Å². The molecule has 0 spiro atoms. The molecule has 8 nitrogen and oxygen atoms in total. The molecular weight excluding hydrogens is 278 g/mol. The average molecular weight is 295 g/mol. The first-order valence-corrected chi connectivity index (χ1v) is 6.54. The Morgan fingerprint density at radius 3 is 2.81 bits per heavy atom. The van der Waals surface area contributed by atoms with Crippen molar-refractivity contribution >= 4 is 12.1 Å². The van der Waals surface area contributed by atoms with E-state index in [1.807, 2.05) is 18.2 Å². The molecule has 0 unspecified atom stereocenters. The molecule has 3 N–H and O–H groups in total. The molecule has 0 radical (unpaired) electrons. The summed E-state index contributed by atoms with van der Waals surface area (Å²) in [5.41, 5.74) is 4.25. The van der Waals surface area contributed by atoms with Crippen molar-refractivity contribution in [1.82, 2.24) is 16.2 Å². The Balaban J connectivity index is 1.70. The van der Waals surface area contributed by atoms with Gasteiger partial charge in [-0.25, -0.2) is 20.4 Å². The van der Waals surface area contributed by atoms with Gasteiger partial charge in [0.05, 0.1) is 13.2 Å². The average Bonchev–Trinajstić information content (AvgIpc) is 2.51. The molecule has 1 heterocycles. The molecule has 8 heteroatoms. The first-order valence-electron chi connectivity index (χ1n) is 6.54. The number of carbonyl (C=O) groups excluding carboxylic acids is 2. The zero-order valence-electron chi connectivity index (χ0n) is 11.5. The summed E-state index contributed by atoms with van der Waals surface area (Å²) in [7, 11) is 0. The molecule has 3 amide bonds. The minimum absolute atomic E-state index is 0.224. The number of urea groups is 1. The molecule has 2 rings (SSSR count). The summed E-state index contributed by atoms with van der Waals surface area (Å²) in [6.07, 6.45) is -1.02. The zero-order chi connectivity index (χ0) is 15.1. The summed E-state index contributed by atoms with van der Waals surface area (Å²) >= 11 is 0. The Morgan fingerprint density at radius 2 is 2.05 bits per heavy atom. The standard InChI is InChI=1S/C13H17N3O5/c1-2-19-13(18)16-15-12(17)14-7-9-8-20-10-5-3-4-6-11(10)21-9/h3-6,9H,2,7-8H2,1H3,(H,16,18)(H2,14,15,17)/t9-/m0/s1. The summed E-state index contributed by atoms with van der Waals surface area (Å²) in [6.45, 7) is 2.47. The van der Waals surface area contributed by atoms with E-state index in [4.69, 9.17) is 9.47 Å². The minimum atomic E-state index is -0.723. The number of benzene rings is 1. The number of hydrazine groups is 1. The van der Waals surface area contributed by atoms with Crippen LogP contribution in [-0.4, -0.2) is 38.0 Å². The number of para-hydroxylation sites is 2. The second-order valence-corrected chi connectivity index (χ2v) is 4.18. The van der Waals surface area contributed by atoms with Gasteiger partial charge in [-0.2, -0.15) is 0 Å². The van der Waals surface area contributed by atoms with Crippen LogP contribution in [0.2, 0.25) is 0 Å². The van der Waals surface area contributed by atoms with Crippen molar-refractivity contribution in [3.63, 3.8) is 0 Å². The lowest BCUT2D eigenvalue weighted by molar-refractivity contribution is 0.0915. The third kappa shape index (κ3) is 4.44. The SMILES string of the molecule is CCOC(=O)NNC(=O)NC[C@H]1COc2ccccc2O1. The molecular formula is C13H17N3O5. The maximum Gasteiger partial charge on any atom is 0.426 e. The van der Waals surface area contributed by atoms with Gasteiger partial charge in [0.15, 0.2) is 17.6 Å². The first-order chi connectivity index (χ1) is 10.2. The van der Waals surface area contributed by atoms with E-state index < -0.39 is 12.1 Å². The molecule has 0 saturated heterocycles. The van der Waals surface area contributed by atoms with E-state index in [2.05, 4.69) is 20.9 Å². The minimum Gasteiger partial charge on any atom is -0.486 e. The van der Waals surface area contributed by atoms with Crippen molar-refractivity contribution in [2.75, 3.05) is 19.8 Å². The quantitative estimate of drug-likeness (QED) is 0.716. The lowest BCUT2D eigenvalue weighted by Crippen LogP contribution is -2.50. The summed E-state index contributed by atoms with van der Waals surface area (Å²) < 4.78 is 15.8. The van der Waals surface area contributed by atoms with Gasteiger partial charge in [-0.15, -0.1) is 0 Å². The van der Waals surface area contributed by atoms with E-state index in [9.17, 15) is 9.59 Å². The number of rotatable bonds is 3. The first kappa shape index (κ1) is 14.8. The maximum absolute atomic E-state index is 11.5. The van der Waals surface area contributed by atoms with E-state index >= 15 is 0 Å². The van der Waals surface area contributed by atoms with Crippen LogP contribution in [0.25, 0.3) is 0 Å². The van der Waals surface area contributed by atoms with Gasteiger partial charge in [-0.1, -0.05) is 12.1 Å². The highest BCUT2D eigenvalue weighted by atomic mass is 16.6. The summed E-state index contributed by atoms with van der Waals surface area (Å²) in [6, 6.07) is 6.74. The van der Waals surface area contributed by atoms with Crippen molar-refractivity contribution in [2.45, 2.75) is 13.0 Å². The van der Waals surface area contributed by atoms with Crippen molar-refractivity contribution in [3.05, 3.63) is 24.3 Å². The highest BCUT2D eigenvalue weighted by Crippen LogP contribution is 2.30. The number of hydrogen-bond donors (Lipinski definition) is 3. The highest BCUT2D eigenvalue weighted by molar-refractivity contribution is 5.77. The van der Waals surface area contributed by atoms with Crippen LogP contribution in [0.15, 0.2) is 24.3 Å². The zero-order valence-corrected chi connectivity index (χ0v) is 11.5. The highest BCUT2D eigenvalue weighted by Gasteiger charge is 2.20. The molecule has 114 valence electrons. The second-order valence-electron chi connectivity index (χ2n) is 4.18. The Kier molecular flexibility index (Phi) is 5.08. The van der Waals surface area contributed by atoms with Gasteiger partial charge in [-0.3, -0.25) is 0 Å². The van der Waals surface area contributed by atoms with Crippen LogP contribution in [0.3, 0.4) is 0 Å². The Morgan fingerprint density at radius 1 is 1.29 bits per heavy atom. The fraction of sp³-hybridized carbons (Fsp3) is 0.385.